The molecule has 1 aromatic rings. The molecule has 1 atom stereocenters. The van der Waals surface area contributed by atoms with Crippen LogP contribution in [-0.2, 0) is 17.1 Å². The second kappa shape index (κ2) is 5.83. The van der Waals surface area contributed by atoms with E-state index >= 15 is 0 Å². The van der Waals surface area contributed by atoms with Crippen LogP contribution in [0.25, 0.3) is 0 Å². The molecule has 0 N–H and O–H groups in total. The molecule has 0 saturated carbocycles. The Morgan fingerprint density at radius 2 is 2.05 bits per heavy atom. The second-order valence-electron chi connectivity index (χ2n) is 5.51. The third-order valence-electron chi connectivity index (χ3n) is 4.10. The maximum Gasteiger partial charge on any atom is 0.246 e. The van der Waals surface area contributed by atoms with Crippen molar-refractivity contribution in [2.24, 2.45) is 7.05 Å². The van der Waals surface area contributed by atoms with Crippen LogP contribution in [0, 0.1) is 6.92 Å². The van der Waals surface area contributed by atoms with E-state index in [-0.39, 0.29) is 6.04 Å². The normalized spacial score (nSPS) is 22.9. The first kappa shape index (κ1) is 15.5. The molecule has 7 heteroatoms. The average molecular weight is 300 g/mol. The molecule has 2 rings (SSSR count). The lowest BCUT2D eigenvalue weighted by Crippen LogP contribution is -2.43. The second-order valence-corrected chi connectivity index (χ2v) is 7.37. The molecule has 0 aliphatic carbocycles. The van der Waals surface area contributed by atoms with Gasteiger partial charge in [-0.1, -0.05) is 6.92 Å². The van der Waals surface area contributed by atoms with Gasteiger partial charge in [-0.2, -0.15) is 9.40 Å². The van der Waals surface area contributed by atoms with E-state index < -0.39 is 10.0 Å². The van der Waals surface area contributed by atoms with Crippen molar-refractivity contribution in [3.8, 4) is 0 Å². The number of sulfonamides is 1. The Hall–Kier alpha value is -0.920. The molecule has 0 amide bonds. The van der Waals surface area contributed by atoms with Crippen LogP contribution in [0.4, 0.5) is 0 Å². The van der Waals surface area contributed by atoms with Gasteiger partial charge in [0.1, 0.15) is 4.90 Å². The summed E-state index contributed by atoms with van der Waals surface area (Å²) < 4.78 is 29.1. The van der Waals surface area contributed by atoms with Gasteiger partial charge in [0.15, 0.2) is 0 Å². The van der Waals surface area contributed by atoms with Gasteiger partial charge in [0, 0.05) is 26.2 Å². The third kappa shape index (κ3) is 2.75. The van der Waals surface area contributed by atoms with Gasteiger partial charge in [-0.25, -0.2) is 8.42 Å². The molecule has 1 aliphatic rings. The van der Waals surface area contributed by atoms with Gasteiger partial charge in [0.2, 0.25) is 10.0 Å². The molecule has 1 fully saturated rings. The zero-order chi connectivity index (χ0) is 14.9. The van der Waals surface area contributed by atoms with E-state index in [1.807, 2.05) is 14.0 Å². The third-order valence-corrected chi connectivity index (χ3v) is 6.15. The minimum Gasteiger partial charge on any atom is -0.305 e. The number of aryl methyl sites for hydroxylation is 1. The minimum atomic E-state index is -3.46. The standard InChI is InChI=1S/C13H24N4O2S/c1-5-12-10-15(3)7-6-8-17(12)20(18,19)13-9-14-16(4)11(13)2/h9,12H,5-8,10H2,1-4H3. The SMILES string of the molecule is CCC1CN(C)CCCN1S(=O)(=O)c1cnn(C)c1C. The van der Waals surface area contributed by atoms with Gasteiger partial charge in [0.05, 0.1) is 11.9 Å². The summed E-state index contributed by atoms with van der Waals surface area (Å²) in [7, 11) is 0.359. The molecule has 114 valence electrons. The lowest BCUT2D eigenvalue weighted by Gasteiger charge is -2.29. The molecule has 0 radical (unpaired) electrons. The predicted molar refractivity (Wildman–Crippen MR) is 78.0 cm³/mol. The van der Waals surface area contributed by atoms with Crippen LogP contribution in [-0.4, -0.2) is 60.1 Å². The molecule has 0 aromatic carbocycles. The van der Waals surface area contributed by atoms with Gasteiger partial charge >= 0.3 is 0 Å². The molecule has 6 nitrogen and oxygen atoms in total. The average Bonchev–Trinajstić information content (AvgIpc) is 2.62. The summed E-state index contributed by atoms with van der Waals surface area (Å²) in [6, 6.07) is 0.0344. The fourth-order valence-electron chi connectivity index (χ4n) is 2.73. The van der Waals surface area contributed by atoms with Gasteiger partial charge in [-0.05, 0) is 33.4 Å². The minimum absolute atomic E-state index is 0.0344. The van der Waals surface area contributed by atoms with Crippen molar-refractivity contribution in [2.45, 2.75) is 37.6 Å². The lowest BCUT2D eigenvalue weighted by molar-refractivity contribution is 0.270. The Morgan fingerprint density at radius 1 is 1.35 bits per heavy atom. The fourth-order valence-corrected chi connectivity index (χ4v) is 4.64. The van der Waals surface area contributed by atoms with Gasteiger partial charge in [-0.15, -0.1) is 0 Å². The molecule has 1 unspecified atom stereocenters. The highest BCUT2D eigenvalue weighted by atomic mass is 32.2. The molecule has 2 heterocycles. The molecule has 0 spiro atoms. The van der Waals surface area contributed by atoms with Gasteiger partial charge in [0.25, 0.3) is 0 Å². The van der Waals surface area contributed by atoms with Crippen LogP contribution < -0.4 is 0 Å². The van der Waals surface area contributed by atoms with Crippen LogP contribution in [0.15, 0.2) is 11.1 Å². The Morgan fingerprint density at radius 3 is 2.60 bits per heavy atom. The Bertz CT molecular complexity index is 567. The summed E-state index contributed by atoms with van der Waals surface area (Å²) in [5.41, 5.74) is 0.692. The molecular weight excluding hydrogens is 276 g/mol. The van der Waals surface area contributed by atoms with E-state index in [2.05, 4.69) is 10.00 Å². The first-order valence-corrected chi connectivity index (χ1v) is 8.51. The quantitative estimate of drug-likeness (QED) is 0.830. The fraction of sp³-hybridized carbons (Fsp3) is 0.769. The summed E-state index contributed by atoms with van der Waals surface area (Å²) >= 11 is 0. The van der Waals surface area contributed by atoms with E-state index in [0.29, 0.717) is 17.1 Å². The number of rotatable bonds is 3. The highest BCUT2D eigenvalue weighted by molar-refractivity contribution is 7.89. The predicted octanol–water partition coefficient (Wildman–Crippen LogP) is 0.833. The molecule has 1 saturated heterocycles. The highest BCUT2D eigenvalue weighted by Crippen LogP contribution is 2.24. The van der Waals surface area contributed by atoms with E-state index in [0.717, 1.165) is 25.9 Å². The van der Waals surface area contributed by atoms with E-state index in [9.17, 15) is 8.42 Å². The summed E-state index contributed by atoms with van der Waals surface area (Å²) in [6.07, 6.45) is 3.15. The lowest BCUT2D eigenvalue weighted by atomic mass is 10.2. The number of hydrogen-bond donors (Lipinski definition) is 0. The molecule has 0 bridgehead atoms. The first-order chi connectivity index (χ1) is 9.37. The number of hydrogen-bond acceptors (Lipinski definition) is 4. The van der Waals surface area contributed by atoms with Crippen molar-refractivity contribution >= 4 is 10.0 Å². The summed E-state index contributed by atoms with van der Waals surface area (Å²) in [5, 5.41) is 4.07. The number of aromatic nitrogens is 2. The summed E-state index contributed by atoms with van der Waals surface area (Å²) in [6.45, 7) is 6.15. The number of likely N-dealkylation sites (N-methyl/N-ethyl adjacent to an activating group) is 1. The topological polar surface area (TPSA) is 58.4 Å². The van der Waals surface area contributed by atoms with Crippen molar-refractivity contribution < 1.29 is 8.42 Å². The molecular formula is C13H24N4O2S. The van der Waals surface area contributed by atoms with E-state index in [1.165, 1.54) is 6.20 Å². The Balaban J connectivity index is 2.38. The van der Waals surface area contributed by atoms with Gasteiger partial charge < -0.3 is 4.90 Å². The maximum absolute atomic E-state index is 12.9. The zero-order valence-electron chi connectivity index (χ0n) is 12.7. The van der Waals surface area contributed by atoms with E-state index in [4.69, 9.17) is 0 Å². The van der Waals surface area contributed by atoms with Crippen LogP contribution >= 0.6 is 0 Å². The highest BCUT2D eigenvalue weighted by Gasteiger charge is 2.34. The summed E-state index contributed by atoms with van der Waals surface area (Å²) in [4.78, 5) is 2.54. The molecule has 1 aromatic heterocycles. The van der Waals surface area contributed by atoms with Crippen molar-refractivity contribution in [3.05, 3.63) is 11.9 Å². The zero-order valence-corrected chi connectivity index (χ0v) is 13.5. The molecule has 1 aliphatic heterocycles. The largest absolute Gasteiger partial charge is 0.305 e. The Kier molecular flexibility index (Phi) is 4.51. The van der Waals surface area contributed by atoms with Crippen LogP contribution in [0.5, 0.6) is 0 Å². The number of nitrogens with zero attached hydrogens (tertiary/aromatic N) is 4. The van der Waals surface area contributed by atoms with Crippen molar-refractivity contribution in [1.29, 1.82) is 0 Å². The van der Waals surface area contributed by atoms with Crippen molar-refractivity contribution in [3.63, 3.8) is 0 Å². The first-order valence-electron chi connectivity index (χ1n) is 7.07. The van der Waals surface area contributed by atoms with Crippen LogP contribution in [0.3, 0.4) is 0 Å². The smallest absolute Gasteiger partial charge is 0.246 e. The van der Waals surface area contributed by atoms with Crippen molar-refractivity contribution in [2.75, 3.05) is 26.7 Å². The Labute approximate surface area is 121 Å². The molecule has 20 heavy (non-hydrogen) atoms. The maximum atomic E-state index is 12.9. The van der Waals surface area contributed by atoms with Crippen LogP contribution in [0.1, 0.15) is 25.5 Å². The monoisotopic (exact) mass is 300 g/mol. The van der Waals surface area contributed by atoms with Gasteiger partial charge in [-0.3, -0.25) is 4.68 Å². The van der Waals surface area contributed by atoms with Crippen molar-refractivity contribution in [1.82, 2.24) is 19.0 Å². The van der Waals surface area contributed by atoms with E-state index in [1.54, 1.807) is 23.0 Å². The summed E-state index contributed by atoms with van der Waals surface area (Å²) in [5.74, 6) is 0. The van der Waals surface area contributed by atoms with Crippen LogP contribution in [0.2, 0.25) is 0 Å².